The summed E-state index contributed by atoms with van der Waals surface area (Å²) < 4.78 is 52.0. The molecule has 24 heavy (non-hydrogen) atoms. The third-order valence-electron chi connectivity index (χ3n) is 3.37. The SMILES string of the molecule is CC(C)(C)S(=O)(=O)Nc1ccc(CNc2cc(F)cc(F)c2)cc1. The number of anilines is 2. The lowest BCUT2D eigenvalue weighted by atomic mass is 10.2. The lowest BCUT2D eigenvalue weighted by molar-refractivity contribution is 0.566. The van der Waals surface area contributed by atoms with Gasteiger partial charge in [0, 0.05) is 24.0 Å². The van der Waals surface area contributed by atoms with Gasteiger partial charge in [0.2, 0.25) is 10.0 Å². The second-order valence-corrected chi connectivity index (χ2v) is 8.86. The largest absolute Gasteiger partial charge is 0.381 e. The number of hydrogen-bond donors (Lipinski definition) is 2. The molecule has 0 aromatic heterocycles. The van der Waals surface area contributed by atoms with Crippen LogP contribution in [0.5, 0.6) is 0 Å². The Balaban J connectivity index is 2.02. The summed E-state index contributed by atoms with van der Waals surface area (Å²) in [6, 6.07) is 9.98. The predicted octanol–water partition coefficient (Wildman–Crippen LogP) is 4.12. The molecule has 2 aromatic carbocycles. The fourth-order valence-corrected chi connectivity index (χ4v) is 2.61. The topological polar surface area (TPSA) is 58.2 Å². The molecule has 4 nitrogen and oxygen atoms in total. The quantitative estimate of drug-likeness (QED) is 0.849. The molecule has 0 unspecified atom stereocenters. The number of benzene rings is 2. The highest BCUT2D eigenvalue weighted by Crippen LogP contribution is 2.20. The van der Waals surface area contributed by atoms with Gasteiger partial charge in [-0.3, -0.25) is 4.72 Å². The van der Waals surface area contributed by atoms with Crippen molar-refractivity contribution in [2.75, 3.05) is 10.0 Å². The van der Waals surface area contributed by atoms with E-state index in [1.165, 1.54) is 12.1 Å². The van der Waals surface area contributed by atoms with E-state index in [2.05, 4.69) is 10.0 Å². The molecule has 0 atom stereocenters. The van der Waals surface area contributed by atoms with Crippen LogP contribution in [0.15, 0.2) is 42.5 Å². The molecule has 2 N–H and O–H groups in total. The van der Waals surface area contributed by atoms with Crippen molar-refractivity contribution in [1.82, 2.24) is 0 Å². The Hall–Kier alpha value is -2.15. The van der Waals surface area contributed by atoms with Gasteiger partial charge in [-0.1, -0.05) is 12.1 Å². The molecule has 0 fully saturated rings. The first-order valence-corrected chi connectivity index (χ1v) is 8.86. The molecule has 0 amide bonds. The summed E-state index contributed by atoms with van der Waals surface area (Å²) in [5.74, 6) is -1.30. The van der Waals surface area contributed by atoms with Crippen molar-refractivity contribution in [3.8, 4) is 0 Å². The Morgan fingerprint density at radius 3 is 1.96 bits per heavy atom. The van der Waals surface area contributed by atoms with Gasteiger partial charge in [0.05, 0.1) is 4.75 Å². The fourth-order valence-electron chi connectivity index (χ4n) is 1.86. The number of nitrogens with one attached hydrogen (secondary N) is 2. The van der Waals surface area contributed by atoms with Crippen LogP contribution in [0.3, 0.4) is 0 Å². The zero-order valence-corrected chi connectivity index (χ0v) is 14.5. The normalized spacial score (nSPS) is 12.0. The van der Waals surface area contributed by atoms with Crippen LogP contribution in [0.2, 0.25) is 0 Å². The van der Waals surface area contributed by atoms with Crippen LogP contribution < -0.4 is 10.0 Å². The summed E-state index contributed by atoms with van der Waals surface area (Å²) in [7, 11) is -3.48. The molecule has 0 aliphatic heterocycles. The lowest BCUT2D eigenvalue weighted by Crippen LogP contribution is -2.33. The molecule has 0 bridgehead atoms. The number of rotatable bonds is 5. The predicted molar refractivity (Wildman–Crippen MR) is 92.4 cm³/mol. The van der Waals surface area contributed by atoms with Crippen molar-refractivity contribution in [3.05, 3.63) is 59.7 Å². The smallest absolute Gasteiger partial charge is 0.237 e. The van der Waals surface area contributed by atoms with Crippen molar-refractivity contribution in [2.24, 2.45) is 0 Å². The maximum Gasteiger partial charge on any atom is 0.237 e. The van der Waals surface area contributed by atoms with E-state index in [1.54, 1.807) is 45.0 Å². The first-order chi connectivity index (χ1) is 11.1. The average molecular weight is 354 g/mol. The minimum absolute atomic E-state index is 0.338. The molecule has 0 spiro atoms. The lowest BCUT2D eigenvalue weighted by Gasteiger charge is -2.20. The summed E-state index contributed by atoms with van der Waals surface area (Å²) >= 11 is 0. The van der Waals surface area contributed by atoms with Gasteiger partial charge in [0.15, 0.2) is 0 Å². The third-order valence-corrected chi connectivity index (χ3v) is 5.49. The maximum atomic E-state index is 13.1. The van der Waals surface area contributed by atoms with E-state index in [4.69, 9.17) is 0 Å². The maximum absolute atomic E-state index is 13.1. The van der Waals surface area contributed by atoms with Gasteiger partial charge in [-0.15, -0.1) is 0 Å². The van der Waals surface area contributed by atoms with Gasteiger partial charge < -0.3 is 5.32 Å². The highest BCUT2D eigenvalue weighted by molar-refractivity contribution is 7.94. The van der Waals surface area contributed by atoms with E-state index in [0.29, 0.717) is 17.9 Å². The van der Waals surface area contributed by atoms with Crippen LogP contribution in [0.4, 0.5) is 20.2 Å². The Morgan fingerprint density at radius 2 is 1.46 bits per heavy atom. The van der Waals surface area contributed by atoms with Gasteiger partial charge >= 0.3 is 0 Å². The van der Waals surface area contributed by atoms with E-state index in [1.807, 2.05) is 0 Å². The van der Waals surface area contributed by atoms with Gasteiger partial charge in [0.1, 0.15) is 11.6 Å². The van der Waals surface area contributed by atoms with Gasteiger partial charge in [-0.25, -0.2) is 17.2 Å². The van der Waals surface area contributed by atoms with Gasteiger partial charge in [-0.2, -0.15) is 0 Å². The van der Waals surface area contributed by atoms with E-state index in [9.17, 15) is 17.2 Å². The van der Waals surface area contributed by atoms with Crippen LogP contribution in [0.25, 0.3) is 0 Å². The molecule has 0 aliphatic carbocycles. The zero-order chi connectivity index (χ0) is 18.0. The van der Waals surface area contributed by atoms with E-state index >= 15 is 0 Å². The molecule has 7 heteroatoms. The molecule has 0 saturated heterocycles. The molecular formula is C17H20F2N2O2S. The van der Waals surface area contributed by atoms with Crippen molar-refractivity contribution in [3.63, 3.8) is 0 Å². The van der Waals surface area contributed by atoms with Crippen molar-refractivity contribution in [2.45, 2.75) is 32.1 Å². The van der Waals surface area contributed by atoms with Crippen LogP contribution in [-0.2, 0) is 16.6 Å². The molecule has 0 heterocycles. The van der Waals surface area contributed by atoms with Crippen molar-refractivity contribution in [1.29, 1.82) is 0 Å². The van der Waals surface area contributed by atoms with Crippen molar-refractivity contribution >= 4 is 21.4 Å². The Labute approximate surface area is 141 Å². The molecule has 130 valence electrons. The first-order valence-electron chi connectivity index (χ1n) is 7.38. The molecule has 2 rings (SSSR count). The minimum Gasteiger partial charge on any atom is -0.381 e. The monoisotopic (exact) mass is 354 g/mol. The van der Waals surface area contributed by atoms with E-state index in [-0.39, 0.29) is 0 Å². The molecule has 2 aromatic rings. The second-order valence-electron chi connectivity index (χ2n) is 6.43. The summed E-state index contributed by atoms with van der Waals surface area (Å²) in [5.41, 5.74) is 1.65. The second kappa shape index (κ2) is 6.76. The van der Waals surface area contributed by atoms with E-state index in [0.717, 1.165) is 11.6 Å². The Morgan fingerprint density at radius 1 is 0.917 bits per heavy atom. The summed E-state index contributed by atoms with van der Waals surface area (Å²) in [4.78, 5) is 0. The fraction of sp³-hybridized carbons (Fsp3) is 0.294. The molecule has 0 saturated carbocycles. The molecular weight excluding hydrogens is 334 g/mol. The first kappa shape index (κ1) is 18.2. The highest BCUT2D eigenvalue weighted by Gasteiger charge is 2.28. The van der Waals surface area contributed by atoms with E-state index < -0.39 is 26.4 Å². The molecule has 0 radical (unpaired) electrons. The van der Waals surface area contributed by atoms with Crippen LogP contribution in [-0.4, -0.2) is 13.2 Å². The van der Waals surface area contributed by atoms with Crippen LogP contribution in [0, 0.1) is 11.6 Å². The number of sulfonamides is 1. The van der Waals surface area contributed by atoms with Crippen LogP contribution >= 0.6 is 0 Å². The average Bonchev–Trinajstić information content (AvgIpc) is 2.44. The molecule has 0 aliphatic rings. The minimum atomic E-state index is -3.48. The summed E-state index contributed by atoms with van der Waals surface area (Å²) in [6.07, 6.45) is 0. The standard InChI is InChI=1S/C17H20F2N2O2S/c1-17(2,3)24(22,23)21-15-6-4-12(5-7-15)11-20-16-9-13(18)8-14(19)10-16/h4-10,20-21H,11H2,1-3H3. The third kappa shape index (κ3) is 4.67. The Bertz CT molecular complexity index is 793. The van der Waals surface area contributed by atoms with Gasteiger partial charge in [0.25, 0.3) is 0 Å². The Kier molecular flexibility index (Phi) is 5.13. The summed E-state index contributed by atoms with van der Waals surface area (Å²) in [5, 5.41) is 2.92. The van der Waals surface area contributed by atoms with Crippen LogP contribution in [0.1, 0.15) is 26.3 Å². The highest BCUT2D eigenvalue weighted by atomic mass is 32.2. The zero-order valence-electron chi connectivity index (χ0n) is 13.7. The van der Waals surface area contributed by atoms with Crippen molar-refractivity contribution < 1.29 is 17.2 Å². The number of halogens is 2. The number of hydrogen-bond acceptors (Lipinski definition) is 3. The van der Waals surface area contributed by atoms with Gasteiger partial charge in [-0.05, 0) is 50.6 Å². The summed E-state index contributed by atoms with van der Waals surface area (Å²) in [6.45, 7) is 5.21.